The van der Waals surface area contributed by atoms with E-state index in [1.165, 1.54) is 5.56 Å². The smallest absolute Gasteiger partial charge is 0.236 e. The lowest BCUT2D eigenvalue weighted by Crippen LogP contribution is -2.51. The average Bonchev–Trinajstić information content (AvgIpc) is 2.68. The molecular formula is C20H30N4O2. The first kappa shape index (κ1) is 18.9. The van der Waals surface area contributed by atoms with Gasteiger partial charge in [0.05, 0.1) is 6.54 Å². The highest BCUT2D eigenvalue weighted by Crippen LogP contribution is 2.12. The Morgan fingerprint density at radius 3 is 2.42 bits per heavy atom. The quantitative estimate of drug-likeness (QED) is 0.783. The normalized spacial score (nSPS) is 19.3. The number of carbonyl (C=O) groups excluding carboxylic acids is 2. The van der Waals surface area contributed by atoms with Crippen molar-refractivity contribution in [2.24, 2.45) is 0 Å². The molecule has 2 aliphatic heterocycles. The van der Waals surface area contributed by atoms with E-state index in [0.717, 1.165) is 58.5 Å². The molecule has 3 rings (SSSR count). The van der Waals surface area contributed by atoms with Crippen molar-refractivity contribution >= 4 is 11.8 Å². The first-order valence-electron chi connectivity index (χ1n) is 9.75. The van der Waals surface area contributed by atoms with Crippen LogP contribution in [0.5, 0.6) is 0 Å². The average molecular weight is 358 g/mol. The van der Waals surface area contributed by atoms with Gasteiger partial charge in [-0.2, -0.15) is 0 Å². The molecule has 2 aliphatic rings. The van der Waals surface area contributed by atoms with E-state index in [2.05, 4.69) is 27.7 Å². The summed E-state index contributed by atoms with van der Waals surface area (Å²) in [6.07, 6.45) is 3.00. The highest BCUT2D eigenvalue weighted by atomic mass is 16.2. The zero-order chi connectivity index (χ0) is 18.2. The molecule has 2 saturated heterocycles. The van der Waals surface area contributed by atoms with Crippen LogP contribution in [0.3, 0.4) is 0 Å². The molecule has 2 heterocycles. The summed E-state index contributed by atoms with van der Waals surface area (Å²) in [6, 6.07) is 10.3. The number of piperidine rings is 1. The predicted molar refractivity (Wildman–Crippen MR) is 102 cm³/mol. The molecule has 0 radical (unpaired) electrons. The first-order chi connectivity index (χ1) is 12.7. The molecule has 0 bridgehead atoms. The van der Waals surface area contributed by atoms with Gasteiger partial charge in [-0.05, 0) is 24.8 Å². The van der Waals surface area contributed by atoms with Gasteiger partial charge in [-0.25, -0.2) is 0 Å². The minimum atomic E-state index is 0.111. The van der Waals surface area contributed by atoms with E-state index < -0.39 is 0 Å². The van der Waals surface area contributed by atoms with Crippen LogP contribution in [0, 0.1) is 0 Å². The second-order valence-corrected chi connectivity index (χ2v) is 7.23. The van der Waals surface area contributed by atoms with Crippen LogP contribution in [-0.2, 0) is 16.0 Å². The van der Waals surface area contributed by atoms with Crippen molar-refractivity contribution in [1.29, 1.82) is 0 Å². The van der Waals surface area contributed by atoms with Crippen LogP contribution >= 0.6 is 0 Å². The molecule has 0 spiro atoms. The second-order valence-electron chi connectivity index (χ2n) is 7.23. The molecule has 2 N–H and O–H groups in total. The minimum absolute atomic E-state index is 0.111. The molecule has 0 aliphatic carbocycles. The maximum absolute atomic E-state index is 12.4. The fraction of sp³-hybridized carbons (Fsp3) is 0.600. The highest BCUT2D eigenvalue weighted by molar-refractivity contribution is 5.78. The molecule has 26 heavy (non-hydrogen) atoms. The SMILES string of the molecule is O=C(CCc1ccccc1)NC1CCN(C(=O)CN2CCNCC2)CC1. The molecule has 6 nitrogen and oxygen atoms in total. The molecule has 142 valence electrons. The van der Waals surface area contributed by atoms with Crippen molar-refractivity contribution in [3.63, 3.8) is 0 Å². The maximum Gasteiger partial charge on any atom is 0.236 e. The summed E-state index contributed by atoms with van der Waals surface area (Å²) >= 11 is 0. The zero-order valence-electron chi connectivity index (χ0n) is 15.5. The van der Waals surface area contributed by atoms with Crippen molar-refractivity contribution in [1.82, 2.24) is 20.4 Å². The van der Waals surface area contributed by atoms with Crippen LogP contribution in [-0.4, -0.2) is 73.5 Å². The Bertz CT molecular complexity index is 579. The van der Waals surface area contributed by atoms with E-state index in [0.29, 0.717) is 13.0 Å². The maximum atomic E-state index is 12.4. The van der Waals surface area contributed by atoms with Crippen LogP contribution in [0.2, 0.25) is 0 Å². The summed E-state index contributed by atoms with van der Waals surface area (Å²) in [7, 11) is 0. The van der Waals surface area contributed by atoms with Gasteiger partial charge in [0.25, 0.3) is 0 Å². The Morgan fingerprint density at radius 1 is 1.04 bits per heavy atom. The summed E-state index contributed by atoms with van der Waals surface area (Å²) in [4.78, 5) is 28.8. The van der Waals surface area contributed by atoms with Crippen LogP contribution in [0.4, 0.5) is 0 Å². The molecular weight excluding hydrogens is 328 g/mol. The number of rotatable bonds is 6. The van der Waals surface area contributed by atoms with Gasteiger partial charge in [0.2, 0.25) is 11.8 Å². The van der Waals surface area contributed by atoms with Crippen molar-refractivity contribution in [3.05, 3.63) is 35.9 Å². The number of nitrogens with zero attached hydrogens (tertiary/aromatic N) is 2. The van der Waals surface area contributed by atoms with Crippen LogP contribution < -0.4 is 10.6 Å². The van der Waals surface area contributed by atoms with Gasteiger partial charge >= 0.3 is 0 Å². The molecule has 0 unspecified atom stereocenters. The van der Waals surface area contributed by atoms with E-state index in [9.17, 15) is 9.59 Å². The summed E-state index contributed by atoms with van der Waals surface area (Å²) in [5.74, 6) is 0.334. The number of amides is 2. The third kappa shape index (κ3) is 5.81. The van der Waals surface area contributed by atoms with E-state index in [-0.39, 0.29) is 17.9 Å². The van der Waals surface area contributed by atoms with Gasteiger partial charge in [-0.3, -0.25) is 14.5 Å². The Morgan fingerprint density at radius 2 is 1.73 bits per heavy atom. The Balaban J connectivity index is 1.34. The van der Waals surface area contributed by atoms with Gasteiger partial charge in [0, 0.05) is 51.7 Å². The summed E-state index contributed by atoms with van der Waals surface area (Å²) in [5, 5.41) is 6.44. The standard InChI is InChI=1S/C20H30N4O2/c25-19(7-6-17-4-2-1-3-5-17)22-18-8-12-24(13-9-18)20(26)16-23-14-10-21-11-15-23/h1-5,18,21H,6-16H2,(H,22,25). The number of carbonyl (C=O) groups is 2. The lowest BCUT2D eigenvalue weighted by Gasteiger charge is -2.34. The Kier molecular flexibility index (Phi) is 7.03. The zero-order valence-corrected chi connectivity index (χ0v) is 15.5. The molecule has 0 saturated carbocycles. The predicted octanol–water partition coefficient (Wildman–Crippen LogP) is 0.632. The van der Waals surface area contributed by atoms with Gasteiger partial charge in [0.1, 0.15) is 0 Å². The molecule has 1 aromatic carbocycles. The minimum Gasteiger partial charge on any atom is -0.353 e. The lowest BCUT2D eigenvalue weighted by molar-refractivity contribution is -0.133. The molecule has 1 aromatic rings. The highest BCUT2D eigenvalue weighted by Gasteiger charge is 2.25. The van der Waals surface area contributed by atoms with E-state index in [4.69, 9.17) is 0 Å². The summed E-state index contributed by atoms with van der Waals surface area (Å²) in [5.41, 5.74) is 1.19. The van der Waals surface area contributed by atoms with Gasteiger partial charge in [-0.1, -0.05) is 30.3 Å². The van der Waals surface area contributed by atoms with Crippen molar-refractivity contribution in [2.75, 3.05) is 45.8 Å². The number of piperazine rings is 1. The van der Waals surface area contributed by atoms with E-state index in [1.807, 2.05) is 23.1 Å². The Hall–Kier alpha value is -1.92. The largest absolute Gasteiger partial charge is 0.353 e. The van der Waals surface area contributed by atoms with Gasteiger partial charge in [0.15, 0.2) is 0 Å². The molecule has 0 aromatic heterocycles. The number of aryl methyl sites for hydroxylation is 1. The molecule has 2 amide bonds. The fourth-order valence-electron chi connectivity index (χ4n) is 3.64. The second kappa shape index (κ2) is 9.69. The van der Waals surface area contributed by atoms with E-state index in [1.54, 1.807) is 0 Å². The van der Waals surface area contributed by atoms with Crippen molar-refractivity contribution in [3.8, 4) is 0 Å². The molecule has 0 atom stereocenters. The monoisotopic (exact) mass is 358 g/mol. The molecule has 2 fully saturated rings. The number of benzene rings is 1. The number of likely N-dealkylation sites (tertiary alicyclic amines) is 1. The van der Waals surface area contributed by atoms with Crippen LogP contribution in [0.15, 0.2) is 30.3 Å². The fourth-order valence-corrected chi connectivity index (χ4v) is 3.64. The third-order valence-corrected chi connectivity index (χ3v) is 5.26. The number of hydrogen-bond donors (Lipinski definition) is 2. The summed E-state index contributed by atoms with van der Waals surface area (Å²) < 4.78 is 0. The number of hydrogen-bond acceptors (Lipinski definition) is 4. The van der Waals surface area contributed by atoms with Crippen LogP contribution in [0.25, 0.3) is 0 Å². The molecule has 6 heteroatoms. The topological polar surface area (TPSA) is 64.7 Å². The Labute approximate surface area is 155 Å². The lowest BCUT2D eigenvalue weighted by atomic mass is 10.0. The van der Waals surface area contributed by atoms with Gasteiger partial charge < -0.3 is 15.5 Å². The van der Waals surface area contributed by atoms with Crippen molar-refractivity contribution in [2.45, 2.75) is 31.7 Å². The van der Waals surface area contributed by atoms with Crippen molar-refractivity contribution < 1.29 is 9.59 Å². The van der Waals surface area contributed by atoms with Crippen LogP contribution in [0.1, 0.15) is 24.8 Å². The van der Waals surface area contributed by atoms with E-state index >= 15 is 0 Å². The van der Waals surface area contributed by atoms with Gasteiger partial charge in [-0.15, -0.1) is 0 Å². The number of nitrogens with one attached hydrogen (secondary N) is 2. The first-order valence-corrected chi connectivity index (χ1v) is 9.75. The summed E-state index contributed by atoms with van der Waals surface area (Å²) in [6.45, 7) is 5.83. The third-order valence-electron chi connectivity index (χ3n) is 5.26.